The fourth-order valence-electron chi connectivity index (χ4n) is 2.72. The predicted octanol–water partition coefficient (Wildman–Crippen LogP) is 4.37. The molecule has 0 saturated carbocycles. The van der Waals surface area contributed by atoms with Crippen LogP contribution in [0.3, 0.4) is 0 Å². The van der Waals surface area contributed by atoms with Crippen LogP contribution in [0, 0.1) is 13.8 Å². The van der Waals surface area contributed by atoms with Gasteiger partial charge < -0.3 is 10.1 Å². The number of nitrogens with one attached hydrogen (secondary N) is 2. The second-order valence-electron chi connectivity index (χ2n) is 6.63. The van der Waals surface area contributed by atoms with Crippen LogP contribution in [0.25, 0.3) is 0 Å². The smallest absolute Gasteiger partial charge is 0.261 e. The molecule has 1 amide bonds. The molecule has 0 atom stereocenters. The number of amides is 1. The van der Waals surface area contributed by atoms with Gasteiger partial charge in [-0.1, -0.05) is 23.8 Å². The van der Waals surface area contributed by atoms with Gasteiger partial charge in [-0.25, -0.2) is 8.42 Å². The number of carbonyl (C=O) groups excluding carboxylic acids is 1. The summed E-state index contributed by atoms with van der Waals surface area (Å²) in [7, 11) is -2.12. The topological polar surface area (TPSA) is 84.5 Å². The summed E-state index contributed by atoms with van der Waals surface area (Å²) in [5.41, 5.74) is 3.34. The summed E-state index contributed by atoms with van der Waals surface area (Å²) in [6, 6.07) is 18.3. The zero-order chi connectivity index (χ0) is 21.0. The molecule has 2 N–H and O–H groups in total. The summed E-state index contributed by atoms with van der Waals surface area (Å²) in [5.74, 6) is 0.356. The van der Waals surface area contributed by atoms with E-state index in [1.54, 1.807) is 67.8 Å². The molecular formula is C22H22N2O4S. The standard InChI is InChI=1S/C22H22N2O4S/c1-15-4-12-20(13-5-15)29(26,27)24-19-10-8-18(9-11-19)23-22(25)17-7-6-16(2)21(14-17)28-3/h4-14,24H,1-3H3,(H,23,25). The van der Waals surface area contributed by atoms with Crippen LogP contribution in [-0.2, 0) is 10.0 Å². The van der Waals surface area contributed by atoms with Crippen molar-refractivity contribution >= 4 is 27.3 Å². The molecule has 0 unspecified atom stereocenters. The first-order chi connectivity index (χ1) is 13.8. The third kappa shape index (κ3) is 4.94. The Morgan fingerprint density at radius 2 is 1.48 bits per heavy atom. The van der Waals surface area contributed by atoms with Crippen LogP contribution in [0.1, 0.15) is 21.5 Å². The Balaban J connectivity index is 1.70. The van der Waals surface area contributed by atoms with E-state index in [1.807, 2.05) is 19.9 Å². The molecular weight excluding hydrogens is 388 g/mol. The molecule has 3 aromatic rings. The number of aryl methyl sites for hydroxylation is 2. The van der Waals surface area contributed by atoms with Crippen LogP contribution >= 0.6 is 0 Å². The van der Waals surface area contributed by atoms with Gasteiger partial charge in [0, 0.05) is 16.9 Å². The van der Waals surface area contributed by atoms with E-state index >= 15 is 0 Å². The van der Waals surface area contributed by atoms with Crippen LogP contribution in [0.2, 0.25) is 0 Å². The molecule has 0 aliphatic carbocycles. The van der Waals surface area contributed by atoms with E-state index in [1.165, 1.54) is 0 Å². The molecule has 0 saturated heterocycles. The van der Waals surface area contributed by atoms with Crippen LogP contribution in [0.4, 0.5) is 11.4 Å². The summed E-state index contributed by atoms with van der Waals surface area (Å²) < 4.78 is 32.7. The molecule has 0 aliphatic heterocycles. The van der Waals surface area contributed by atoms with Crippen molar-refractivity contribution in [2.75, 3.05) is 17.1 Å². The van der Waals surface area contributed by atoms with Gasteiger partial charge in [-0.3, -0.25) is 9.52 Å². The first kappa shape index (κ1) is 20.4. The third-order valence-electron chi connectivity index (χ3n) is 4.40. The second-order valence-corrected chi connectivity index (χ2v) is 8.32. The lowest BCUT2D eigenvalue weighted by Gasteiger charge is -2.11. The minimum Gasteiger partial charge on any atom is -0.496 e. The lowest BCUT2D eigenvalue weighted by Crippen LogP contribution is -2.14. The molecule has 0 spiro atoms. The molecule has 0 heterocycles. The number of ether oxygens (including phenoxy) is 1. The normalized spacial score (nSPS) is 11.0. The molecule has 3 rings (SSSR count). The number of hydrogen-bond donors (Lipinski definition) is 2. The second kappa shape index (κ2) is 8.36. The lowest BCUT2D eigenvalue weighted by molar-refractivity contribution is 0.102. The number of methoxy groups -OCH3 is 1. The van der Waals surface area contributed by atoms with Crippen molar-refractivity contribution in [1.29, 1.82) is 0 Å². The van der Waals surface area contributed by atoms with E-state index in [4.69, 9.17) is 4.74 Å². The Morgan fingerprint density at radius 3 is 2.10 bits per heavy atom. The molecule has 3 aromatic carbocycles. The van der Waals surface area contributed by atoms with Crippen molar-refractivity contribution in [2.45, 2.75) is 18.7 Å². The fraction of sp³-hybridized carbons (Fsp3) is 0.136. The summed E-state index contributed by atoms with van der Waals surface area (Å²) in [6.45, 7) is 3.79. The average Bonchev–Trinajstić information content (AvgIpc) is 2.70. The minimum absolute atomic E-state index is 0.189. The largest absolute Gasteiger partial charge is 0.496 e. The highest BCUT2D eigenvalue weighted by atomic mass is 32.2. The first-order valence-electron chi connectivity index (χ1n) is 8.94. The van der Waals surface area contributed by atoms with Gasteiger partial charge in [0.15, 0.2) is 0 Å². The van der Waals surface area contributed by atoms with Gasteiger partial charge in [-0.15, -0.1) is 0 Å². The number of carbonyl (C=O) groups is 1. The molecule has 0 radical (unpaired) electrons. The molecule has 150 valence electrons. The maximum Gasteiger partial charge on any atom is 0.261 e. The first-order valence-corrected chi connectivity index (χ1v) is 10.4. The van der Waals surface area contributed by atoms with E-state index < -0.39 is 10.0 Å². The Bertz CT molecular complexity index is 1120. The zero-order valence-corrected chi connectivity index (χ0v) is 17.2. The van der Waals surface area contributed by atoms with Crippen LogP contribution in [0.5, 0.6) is 5.75 Å². The predicted molar refractivity (Wildman–Crippen MR) is 114 cm³/mol. The van der Waals surface area contributed by atoms with E-state index in [2.05, 4.69) is 10.0 Å². The van der Waals surface area contributed by atoms with Gasteiger partial charge in [0.25, 0.3) is 15.9 Å². The lowest BCUT2D eigenvalue weighted by atomic mass is 10.1. The fourth-order valence-corrected chi connectivity index (χ4v) is 3.78. The van der Waals surface area contributed by atoms with E-state index in [0.29, 0.717) is 22.7 Å². The highest BCUT2D eigenvalue weighted by Gasteiger charge is 2.14. The molecule has 6 nitrogen and oxygen atoms in total. The van der Waals surface area contributed by atoms with E-state index in [0.717, 1.165) is 11.1 Å². The Kier molecular flexibility index (Phi) is 5.89. The van der Waals surface area contributed by atoms with Gasteiger partial charge in [-0.2, -0.15) is 0 Å². The molecule has 0 bridgehead atoms. The van der Waals surface area contributed by atoms with Crippen molar-refractivity contribution in [1.82, 2.24) is 0 Å². The minimum atomic E-state index is -3.67. The Morgan fingerprint density at radius 1 is 0.862 bits per heavy atom. The summed E-state index contributed by atoms with van der Waals surface area (Å²) >= 11 is 0. The quantitative estimate of drug-likeness (QED) is 0.632. The van der Waals surface area contributed by atoms with Crippen molar-refractivity contribution in [3.63, 3.8) is 0 Å². The number of rotatable bonds is 6. The summed E-state index contributed by atoms with van der Waals surface area (Å²) in [5, 5.41) is 2.79. The number of sulfonamides is 1. The van der Waals surface area contributed by atoms with Crippen molar-refractivity contribution in [3.05, 3.63) is 83.4 Å². The molecule has 0 aromatic heterocycles. The van der Waals surface area contributed by atoms with Gasteiger partial charge in [0.2, 0.25) is 0 Å². The van der Waals surface area contributed by atoms with Gasteiger partial charge in [-0.05, 0) is 67.9 Å². The highest BCUT2D eigenvalue weighted by Crippen LogP contribution is 2.21. The van der Waals surface area contributed by atoms with Crippen molar-refractivity contribution < 1.29 is 17.9 Å². The van der Waals surface area contributed by atoms with Crippen molar-refractivity contribution in [3.8, 4) is 5.75 Å². The van der Waals surface area contributed by atoms with Gasteiger partial charge in [0.05, 0.1) is 12.0 Å². The average molecular weight is 410 g/mol. The maximum absolute atomic E-state index is 12.5. The van der Waals surface area contributed by atoms with Crippen LogP contribution < -0.4 is 14.8 Å². The Hall–Kier alpha value is -3.32. The molecule has 0 aliphatic rings. The van der Waals surface area contributed by atoms with Gasteiger partial charge >= 0.3 is 0 Å². The van der Waals surface area contributed by atoms with Gasteiger partial charge in [0.1, 0.15) is 5.75 Å². The summed E-state index contributed by atoms with van der Waals surface area (Å²) in [4.78, 5) is 12.6. The Labute approximate surface area is 170 Å². The third-order valence-corrected chi connectivity index (χ3v) is 5.79. The van der Waals surface area contributed by atoms with Crippen LogP contribution in [0.15, 0.2) is 71.6 Å². The summed E-state index contributed by atoms with van der Waals surface area (Å²) in [6.07, 6.45) is 0. The number of hydrogen-bond acceptors (Lipinski definition) is 4. The number of benzene rings is 3. The maximum atomic E-state index is 12.5. The van der Waals surface area contributed by atoms with Crippen LogP contribution in [-0.4, -0.2) is 21.4 Å². The van der Waals surface area contributed by atoms with E-state index in [9.17, 15) is 13.2 Å². The molecule has 29 heavy (non-hydrogen) atoms. The zero-order valence-electron chi connectivity index (χ0n) is 16.4. The molecule has 0 fully saturated rings. The highest BCUT2D eigenvalue weighted by molar-refractivity contribution is 7.92. The molecule has 7 heteroatoms. The van der Waals surface area contributed by atoms with Crippen molar-refractivity contribution in [2.24, 2.45) is 0 Å². The number of anilines is 2. The monoisotopic (exact) mass is 410 g/mol. The SMILES string of the molecule is COc1cc(C(=O)Nc2ccc(NS(=O)(=O)c3ccc(C)cc3)cc2)ccc1C. The van der Waals surface area contributed by atoms with E-state index in [-0.39, 0.29) is 10.8 Å².